The van der Waals surface area contributed by atoms with Crippen LogP contribution in [-0.2, 0) is 16.1 Å². The summed E-state index contributed by atoms with van der Waals surface area (Å²) in [5, 5.41) is 9.82. The molecule has 0 saturated heterocycles. The van der Waals surface area contributed by atoms with Gasteiger partial charge in [0.2, 0.25) is 11.8 Å². The molecule has 152 valence electrons. The van der Waals surface area contributed by atoms with Crippen molar-refractivity contribution in [2.75, 3.05) is 13.7 Å². The highest BCUT2D eigenvalue weighted by atomic mass is 16.5. The SMILES string of the molecule is COc1ccc([C@@H](C)NC(=O)CNC(=O)CC(C)(C)C)cc1Cn1cccn1. The number of aromatic nitrogens is 2. The van der Waals surface area contributed by atoms with Gasteiger partial charge in [-0.1, -0.05) is 26.8 Å². The lowest BCUT2D eigenvalue weighted by atomic mass is 9.92. The molecule has 0 unspecified atom stereocenters. The topological polar surface area (TPSA) is 85.3 Å². The number of amides is 2. The fourth-order valence-corrected chi connectivity index (χ4v) is 2.86. The fourth-order valence-electron chi connectivity index (χ4n) is 2.86. The van der Waals surface area contributed by atoms with Crippen molar-refractivity contribution in [3.8, 4) is 5.75 Å². The number of hydrogen-bond donors (Lipinski definition) is 2. The Bertz CT molecular complexity index is 794. The second-order valence-electron chi connectivity index (χ2n) is 8.08. The zero-order valence-corrected chi connectivity index (χ0v) is 17.3. The Balaban J connectivity index is 1.96. The van der Waals surface area contributed by atoms with Crippen LogP contribution in [0.3, 0.4) is 0 Å². The maximum atomic E-state index is 12.2. The molecular weight excluding hydrogens is 356 g/mol. The fraction of sp³-hybridized carbons (Fsp3) is 0.476. The van der Waals surface area contributed by atoms with Crippen LogP contribution in [-0.4, -0.2) is 35.2 Å². The molecule has 1 atom stereocenters. The van der Waals surface area contributed by atoms with E-state index in [1.807, 2.05) is 62.8 Å². The molecule has 0 bridgehead atoms. The van der Waals surface area contributed by atoms with E-state index < -0.39 is 0 Å². The zero-order chi connectivity index (χ0) is 20.7. The standard InChI is InChI=1S/C21H30N4O3/c1-15(24-20(27)13-22-19(26)12-21(2,3)4)16-7-8-18(28-5)17(11-16)14-25-10-6-9-23-25/h6-11,15H,12-14H2,1-5H3,(H,22,26)(H,24,27)/t15-/m1/s1. The number of rotatable bonds is 8. The van der Waals surface area contributed by atoms with Crippen molar-refractivity contribution in [2.24, 2.45) is 5.41 Å². The highest BCUT2D eigenvalue weighted by molar-refractivity contribution is 5.85. The Morgan fingerprint density at radius 1 is 1.25 bits per heavy atom. The van der Waals surface area contributed by atoms with E-state index in [1.165, 1.54) is 0 Å². The summed E-state index contributed by atoms with van der Waals surface area (Å²) in [6.45, 7) is 8.41. The third-order valence-electron chi connectivity index (χ3n) is 4.21. The van der Waals surface area contributed by atoms with Gasteiger partial charge in [0.05, 0.1) is 26.2 Å². The van der Waals surface area contributed by atoms with Gasteiger partial charge in [-0.15, -0.1) is 0 Å². The number of carbonyl (C=O) groups excluding carboxylic acids is 2. The monoisotopic (exact) mass is 386 g/mol. The number of ether oxygens (including phenoxy) is 1. The van der Waals surface area contributed by atoms with Gasteiger partial charge in [-0.2, -0.15) is 5.10 Å². The zero-order valence-electron chi connectivity index (χ0n) is 17.3. The van der Waals surface area contributed by atoms with Gasteiger partial charge in [-0.3, -0.25) is 14.3 Å². The van der Waals surface area contributed by atoms with E-state index in [9.17, 15) is 9.59 Å². The Labute approximate surface area is 166 Å². The Morgan fingerprint density at radius 2 is 2.00 bits per heavy atom. The number of methoxy groups -OCH3 is 1. The van der Waals surface area contributed by atoms with Gasteiger partial charge in [0, 0.05) is 24.4 Å². The number of hydrogen-bond acceptors (Lipinski definition) is 4. The first-order chi connectivity index (χ1) is 13.2. The van der Waals surface area contributed by atoms with E-state index in [4.69, 9.17) is 4.74 Å². The summed E-state index contributed by atoms with van der Waals surface area (Å²) >= 11 is 0. The molecule has 2 rings (SSSR count). The van der Waals surface area contributed by atoms with Gasteiger partial charge in [-0.25, -0.2) is 0 Å². The van der Waals surface area contributed by atoms with Crippen LogP contribution in [0.2, 0.25) is 0 Å². The molecule has 1 aromatic heterocycles. The Morgan fingerprint density at radius 3 is 2.61 bits per heavy atom. The first kappa shape index (κ1) is 21.5. The minimum Gasteiger partial charge on any atom is -0.496 e. The van der Waals surface area contributed by atoms with Crippen molar-refractivity contribution < 1.29 is 14.3 Å². The van der Waals surface area contributed by atoms with Crippen molar-refractivity contribution >= 4 is 11.8 Å². The average Bonchev–Trinajstić information content (AvgIpc) is 3.11. The molecule has 0 fully saturated rings. The average molecular weight is 386 g/mol. The lowest BCUT2D eigenvalue weighted by Gasteiger charge is -2.19. The quantitative estimate of drug-likeness (QED) is 0.730. The Kier molecular flexibility index (Phi) is 7.20. The first-order valence-corrected chi connectivity index (χ1v) is 9.38. The summed E-state index contributed by atoms with van der Waals surface area (Å²) in [5.74, 6) is 0.424. The van der Waals surface area contributed by atoms with Crippen LogP contribution in [0.15, 0.2) is 36.7 Å². The summed E-state index contributed by atoms with van der Waals surface area (Å²) in [7, 11) is 1.63. The molecule has 2 amide bonds. The summed E-state index contributed by atoms with van der Waals surface area (Å²) in [4.78, 5) is 24.1. The molecule has 0 spiro atoms. The lowest BCUT2D eigenvalue weighted by molar-refractivity contribution is -0.127. The molecule has 2 aromatic rings. The molecule has 0 aliphatic carbocycles. The summed E-state index contributed by atoms with van der Waals surface area (Å²) in [6.07, 6.45) is 4.00. The van der Waals surface area contributed by atoms with E-state index >= 15 is 0 Å². The van der Waals surface area contributed by atoms with Crippen LogP contribution < -0.4 is 15.4 Å². The lowest BCUT2D eigenvalue weighted by Crippen LogP contribution is -2.39. The molecule has 1 heterocycles. The molecular formula is C21H30N4O3. The minimum atomic E-state index is -0.223. The highest BCUT2D eigenvalue weighted by Crippen LogP contribution is 2.24. The second kappa shape index (κ2) is 9.39. The largest absolute Gasteiger partial charge is 0.496 e. The van der Waals surface area contributed by atoms with E-state index in [1.54, 1.807) is 13.3 Å². The summed E-state index contributed by atoms with van der Waals surface area (Å²) in [5.41, 5.74) is 1.82. The number of nitrogens with one attached hydrogen (secondary N) is 2. The molecule has 0 radical (unpaired) electrons. The van der Waals surface area contributed by atoms with E-state index in [0.717, 1.165) is 16.9 Å². The summed E-state index contributed by atoms with van der Waals surface area (Å²) in [6, 6.07) is 7.49. The van der Waals surface area contributed by atoms with Crippen LogP contribution in [0.5, 0.6) is 5.75 Å². The molecule has 0 saturated carbocycles. The molecule has 0 aliphatic rings. The van der Waals surface area contributed by atoms with Crippen LogP contribution in [0.4, 0.5) is 0 Å². The smallest absolute Gasteiger partial charge is 0.239 e. The maximum Gasteiger partial charge on any atom is 0.239 e. The van der Waals surface area contributed by atoms with Gasteiger partial charge in [0.1, 0.15) is 5.75 Å². The van der Waals surface area contributed by atoms with Crippen LogP contribution in [0.25, 0.3) is 0 Å². The first-order valence-electron chi connectivity index (χ1n) is 9.38. The molecule has 0 aliphatic heterocycles. The molecule has 7 heteroatoms. The third-order valence-corrected chi connectivity index (χ3v) is 4.21. The third kappa shape index (κ3) is 6.72. The van der Waals surface area contributed by atoms with Crippen molar-refractivity contribution in [1.82, 2.24) is 20.4 Å². The van der Waals surface area contributed by atoms with Crippen LogP contribution in [0.1, 0.15) is 51.3 Å². The van der Waals surface area contributed by atoms with Crippen molar-refractivity contribution in [2.45, 2.75) is 46.7 Å². The maximum absolute atomic E-state index is 12.2. The molecule has 2 N–H and O–H groups in total. The van der Waals surface area contributed by atoms with Gasteiger partial charge >= 0.3 is 0 Å². The highest BCUT2D eigenvalue weighted by Gasteiger charge is 2.17. The van der Waals surface area contributed by atoms with Crippen LogP contribution >= 0.6 is 0 Å². The van der Waals surface area contributed by atoms with Crippen molar-refractivity contribution in [3.63, 3.8) is 0 Å². The van der Waals surface area contributed by atoms with Gasteiger partial charge < -0.3 is 15.4 Å². The second-order valence-corrected chi connectivity index (χ2v) is 8.08. The molecule has 1 aromatic carbocycles. The van der Waals surface area contributed by atoms with E-state index in [2.05, 4.69) is 15.7 Å². The number of carbonyl (C=O) groups is 2. The number of nitrogens with zero attached hydrogens (tertiary/aromatic N) is 2. The molecule has 28 heavy (non-hydrogen) atoms. The summed E-state index contributed by atoms with van der Waals surface area (Å²) < 4.78 is 7.25. The van der Waals surface area contributed by atoms with Gasteiger partial charge in [0.25, 0.3) is 0 Å². The van der Waals surface area contributed by atoms with Crippen molar-refractivity contribution in [1.29, 1.82) is 0 Å². The van der Waals surface area contributed by atoms with E-state index in [-0.39, 0.29) is 29.8 Å². The van der Waals surface area contributed by atoms with E-state index in [0.29, 0.717) is 13.0 Å². The Hall–Kier alpha value is -2.83. The predicted octanol–water partition coefficient (Wildman–Crippen LogP) is 2.67. The molecule has 7 nitrogen and oxygen atoms in total. The van der Waals surface area contributed by atoms with Gasteiger partial charge in [0.15, 0.2) is 0 Å². The van der Waals surface area contributed by atoms with Crippen molar-refractivity contribution in [3.05, 3.63) is 47.8 Å². The van der Waals surface area contributed by atoms with Gasteiger partial charge in [-0.05, 0) is 36.1 Å². The minimum absolute atomic E-state index is 0.0322. The predicted molar refractivity (Wildman–Crippen MR) is 108 cm³/mol. The number of benzene rings is 1. The van der Waals surface area contributed by atoms with Crippen LogP contribution in [0, 0.1) is 5.41 Å². The normalized spacial score (nSPS) is 12.3.